The van der Waals surface area contributed by atoms with Crippen LogP contribution in [0.5, 0.6) is 0 Å². The Labute approximate surface area is 180 Å². The predicted octanol–water partition coefficient (Wildman–Crippen LogP) is 4.56. The molecule has 1 amide bonds. The number of halogens is 1. The zero-order valence-electron chi connectivity index (χ0n) is 16.9. The molecule has 4 rings (SSSR count). The smallest absolute Gasteiger partial charge is 0.286 e. The van der Waals surface area contributed by atoms with Gasteiger partial charge in [-0.3, -0.25) is 9.69 Å². The number of benzene rings is 2. The Bertz CT molecular complexity index is 991. The minimum Gasteiger partial charge on any atom is -0.348 e. The Morgan fingerprint density at radius 1 is 1.07 bits per heavy atom. The molecule has 30 heavy (non-hydrogen) atoms. The van der Waals surface area contributed by atoms with Crippen molar-refractivity contribution in [3.63, 3.8) is 0 Å². The van der Waals surface area contributed by atoms with Crippen molar-refractivity contribution in [1.29, 1.82) is 0 Å². The minimum atomic E-state index is -0.206. The number of aliphatic imine (C=N–C) groups is 1. The van der Waals surface area contributed by atoms with Crippen molar-refractivity contribution in [2.24, 2.45) is 4.99 Å². The summed E-state index contributed by atoms with van der Waals surface area (Å²) in [6.45, 7) is 6.23. The molecule has 0 unspecified atom stereocenters. The van der Waals surface area contributed by atoms with Crippen LogP contribution >= 0.6 is 11.8 Å². The van der Waals surface area contributed by atoms with Crippen molar-refractivity contribution in [3.05, 3.63) is 88.1 Å². The highest BCUT2D eigenvalue weighted by molar-refractivity contribution is 8.18. The van der Waals surface area contributed by atoms with Crippen LogP contribution in [0, 0.1) is 5.82 Å². The molecule has 6 heteroatoms. The molecule has 1 saturated heterocycles. The highest BCUT2D eigenvalue weighted by Crippen LogP contribution is 2.30. The predicted molar refractivity (Wildman–Crippen MR) is 121 cm³/mol. The Morgan fingerprint density at radius 2 is 1.77 bits per heavy atom. The van der Waals surface area contributed by atoms with Crippen LogP contribution in [0.25, 0.3) is 6.08 Å². The lowest BCUT2D eigenvalue weighted by molar-refractivity contribution is -0.113. The molecule has 2 aromatic rings. The number of nitrogens with zero attached hydrogens (tertiary/aromatic N) is 3. The van der Waals surface area contributed by atoms with Gasteiger partial charge in [-0.05, 0) is 53.6 Å². The van der Waals surface area contributed by atoms with E-state index in [1.807, 2.05) is 55.5 Å². The molecule has 4 nitrogen and oxygen atoms in total. The van der Waals surface area contributed by atoms with Gasteiger partial charge >= 0.3 is 0 Å². The van der Waals surface area contributed by atoms with Gasteiger partial charge in [-0.2, -0.15) is 4.99 Å². The number of amides is 1. The fourth-order valence-electron chi connectivity index (χ4n) is 3.54. The molecule has 0 N–H and O–H groups in total. The van der Waals surface area contributed by atoms with Crippen LogP contribution in [0.15, 0.2) is 76.1 Å². The zero-order valence-corrected chi connectivity index (χ0v) is 17.7. The first-order chi connectivity index (χ1) is 14.6. The van der Waals surface area contributed by atoms with Crippen LogP contribution in [0.2, 0.25) is 0 Å². The molecule has 0 spiro atoms. The summed E-state index contributed by atoms with van der Waals surface area (Å²) in [6.07, 6.45) is 3.98. The fourth-order valence-corrected chi connectivity index (χ4v) is 4.55. The van der Waals surface area contributed by atoms with E-state index in [1.54, 1.807) is 0 Å². The standard InChI is InChI=1S/C24H24FN3OS/c1-18(15-19-5-3-2-4-6-19)16-22-23(29)26-24(30-22)28-13-11-27(12-14-28)17-20-7-9-21(25)10-8-20/h2-10,15-16H,11-14,17H2,1H3/b18-15+,22-16+. The van der Waals surface area contributed by atoms with Gasteiger partial charge in [-0.25, -0.2) is 4.39 Å². The molecule has 154 valence electrons. The molecule has 0 radical (unpaired) electrons. The van der Waals surface area contributed by atoms with Crippen molar-refractivity contribution in [3.8, 4) is 0 Å². The number of hydrogen-bond donors (Lipinski definition) is 0. The monoisotopic (exact) mass is 421 g/mol. The normalized spacial score (nSPS) is 19.5. The first-order valence-electron chi connectivity index (χ1n) is 10.0. The van der Waals surface area contributed by atoms with Crippen LogP contribution in [-0.4, -0.2) is 47.1 Å². The Hall–Kier alpha value is -2.70. The van der Waals surface area contributed by atoms with Crippen molar-refractivity contribution in [1.82, 2.24) is 9.80 Å². The molecule has 2 aromatic carbocycles. The van der Waals surface area contributed by atoms with Gasteiger partial charge in [0.25, 0.3) is 5.91 Å². The van der Waals surface area contributed by atoms with Gasteiger partial charge < -0.3 is 4.90 Å². The van der Waals surface area contributed by atoms with E-state index in [9.17, 15) is 9.18 Å². The summed E-state index contributed by atoms with van der Waals surface area (Å²) in [5.74, 6) is -0.369. The molecular formula is C24H24FN3OS. The molecule has 0 aromatic heterocycles. The van der Waals surface area contributed by atoms with Crippen LogP contribution in [-0.2, 0) is 11.3 Å². The maximum Gasteiger partial charge on any atom is 0.286 e. The molecule has 2 aliphatic heterocycles. The van der Waals surface area contributed by atoms with E-state index in [0.717, 1.165) is 54.6 Å². The highest BCUT2D eigenvalue weighted by Gasteiger charge is 2.28. The molecule has 0 atom stereocenters. The third-order valence-electron chi connectivity index (χ3n) is 5.12. The average molecular weight is 422 g/mol. The van der Waals surface area contributed by atoms with Gasteiger partial charge in [0, 0.05) is 32.7 Å². The first kappa shape index (κ1) is 20.6. The van der Waals surface area contributed by atoms with Crippen LogP contribution < -0.4 is 0 Å². The topological polar surface area (TPSA) is 35.9 Å². The van der Waals surface area contributed by atoms with E-state index in [1.165, 1.54) is 23.9 Å². The van der Waals surface area contributed by atoms with Gasteiger partial charge in [0.1, 0.15) is 5.82 Å². The SMILES string of the molecule is CC(=C\c1ccccc1)/C=C1/SC(N2CCN(Cc3ccc(F)cc3)CC2)=NC1=O. The number of carbonyl (C=O) groups excluding carboxylic acids is 1. The molecule has 0 saturated carbocycles. The van der Waals surface area contributed by atoms with Gasteiger partial charge in [-0.1, -0.05) is 48.5 Å². The van der Waals surface area contributed by atoms with E-state index in [2.05, 4.69) is 20.9 Å². The van der Waals surface area contributed by atoms with Crippen LogP contribution in [0.1, 0.15) is 18.1 Å². The molecule has 1 fully saturated rings. The summed E-state index contributed by atoms with van der Waals surface area (Å²) >= 11 is 1.46. The maximum atomic E-state index is 13.1. The molecule has 2 heterocycles. The second-order valence-electron chi connectivity index (χ2n) is 7.50. The molecule has 2 aliphatic rings. The zero-order chi connectivity index (χ0) is 20.9. The number of carbonyl (C=O) groups is 1. The Kier molecular flexibility index (Phi) is 6.45. The first-order valence-corrected chi connectivity index (χ1v) is 10.9. The van der Waals surface area contributed by atoms with Crippen LogP contribution in [0.4, 0.5) is 4.39 Å². The molecule has 0 aliphatic carbocycles. The summed E-state index contributed by atoms with van der Waals surface area (Å²) < 4.78 is 13.1. The third kappa shape index (κ3) is 5.26. The van der Waals surface area contributed by atoms with E-state index < -0.39 is 0 Å². The number of allylic oxidation sites excluding steroid dienone is 2. The van der Waals surface area contributed by atoms with E-state index in [0.29, 0.717) is 4.91 Å². The summed E-state index contributed by atoms with van der Waals surface area (Å²) in [5.41, 5.74) is 3.25. The summed E-state index contributed by atoms with van der Waals surface area (Å²) in [7, 11) is 0. The number of piperazine rings is 1. The van der Waals surface area contributed by atoms with Crippen molar-refractivity contribution in [2.75, 3.05) is 26.2 Å². The van der Waals surface area contributed by atoms with Gasteiger partial charge in [-0.15, -0.1) is 0 Å². The summed E-state index contributed by atoms with van der Waals surface area (Å²) in [6, 6.07) is 16.7. The van der Waals surface area contributed by atoms with E-state index >= 15 is 0 Å². The highest BCUT2D eigenvalue weighted by atomic mass is 32.2. The molecular weight excluding hydrogens is 397 g/mol. The van der Waals surface area contributed by atoms with Gasteiger partial charge in [0.2, 0.25) is 0 Å². The van der Waals surface area contributed by atoms with E-state index in [-0.39, 0.29) is 11.7 Å². The quantitative estimate of drug-likeness (QED) is 0.678. The maximum absolute atomic E-state index is 13.1. The Balaban J connectivity index is 1.33. The van der Waals surface area contributed by atoms with Gasteiger partial charge in [0.15, 0.2) is 5.17 Å². The second kappa shape index (κ2) is 9.41. The Morgan fingerprint density at radius 3 is 2.47 bits per heavy atom. The molecule has 0 bridgehead atoms. The van der Waals surface area contributed by atoms with Crippen molar-refractivity contribution < 1.29 is 9.18 Å². The summed E-state index contributed by atoms with van der Waals surface area (Å²) in [5, 5.41) is 0.792. The largest absolute Gasteiger partial charge is 0.348 e. The van der Waals surface area contributed by atoms with E-state index in [4.69, 9.17) is 0 Å². The summed E-state index contributed by atoms with van der Waals surface area (Å²) in [4.78, 5) is 21.9. The average Bonchev–Trinajstić information content (AvgIpc) is 3.11. The number of hydrogen-bond acceptors (Lipinski definition) is 4. The number of amidine groups is 1. The fraction of sp³-hybridized carbons (Fsp3) is 0.250. The second-order valence-corrected chi connectivity index (χ2v) is 8.51. The lowest BCUT2D eigenvalue weighted by Gasteiger charge is -2.35. The number of thioether (sulfide) groups is 1. The lowest BCUT2D eigenvalue weighted by Crippen LogP contribution is -2.47. The van der Waals surface area contributed by atoms with Crippen molar-refractivity contribution >= 4 is 28.9 Å². The van der Waals surface area contributed by atoms with Gasteiger partial charge in [0.05, 0.1) is 4.91 Å². The minimum absolute atomic E-state index is 0.162. The lowest BCUT2D eigenvalue weighted by atomic mass is 10.1. The third-order valence-corrected chi connectivity index (χ3v) is 6.17. The van der Waals surface area contributed by atoms with Crippen molar-refractivity contribution in [2.45, 2.75) is 13.5 Å². The van der Waals surface area contributed by atoms with Crippen LogP contribution in [0.3, 0.4) is 0 Å². The number of rotatable bonds is 4.